The van der Waals surface area contributed by atoms with E-state index in [1.807, 2.05) is 13.0 Å². The van der Waals surface area contributed by atoms with E-state index in [-0.39, 0.29) is 11.8 Å². The van der Waals surface area contributed by atoms with Gasteiger partial charge in [0, 0.05) is 18.3 Å². The third kappa shape index (κ3) is 4.14. The Balaban J connectivity index is 2.85. The molecule has 0 saturated heterocycles. The Labute approximate surface area is 115 Å². The largest absolute Gasteiger partial charge is 0.326 e. The number of hydrogen-bond acceptors (Lipinski definition) is 2. The molecule has 2 amide bonds. The molecule has 1 rings (SSSR count). The van der Waals surface area contributed by atoms with Crippen LogP contribution >= 0.6 is 15.9 Å². The molecule has 0 aliphatic carbocycles. The summed E-state index contributed by atoms with van der Waals surface area (Å²) in [6.45, 7) is 6.89. The average molecular weight is 313 g/mol. The fraction of sp³-hybridized carbons (Fsp3) is 0.385. The van der Waals surface area contributed by atoms with E-state index in [4.69, 9.17) is 0 Å². The number of benzene rings is 1. The van der Waals surface area contributed by atoms with Gasteiger partial charge in [-0.05, 0) is 44.5 Å². The summed E-state index contributed by atoms with van der Waals surface area (Å²) >= 11 is 3.30. The summed E-state index contributed by atoms with van der Waals surface area (Å²) in [7, 11) is 0. The molecule has 0 bridgehead atoms. The predicted octanol–water partition coefficient (Wildman–Crippen LogP) is 3.07. The fourth-order valence-corrected chi connectivity index (χ4v) is 1.45. The van der Waals surface area contributed by atoms with Gasteiger partial charge in [-0.2, -0.15) is 0 Å². The lowest BCUT2D eigenvalue weighted by Crippen LogP contribution is -2.30. The smallest absolute Gasteiger partial charge is 0.240 e. The van der Waals surface area contributed by atoms with Crippen LogP contribution in [0.15, 0.2) is 18.2 Å². The second kappa shape index (κ2) is 5.52. The van der Waals surface area contributed by atoms with Crippen molar-refractivity contribution in [2.45, 2.75) is 32.0 Å². The van der Waals surface area contributed by atoms with Crippen LogP contribution in [-0.4, -0.2) is 16.1 Å². The molecule has 1 aromatic carbocycles. The zero-order valence-electron chi connectivity index (χ0n) is 10.9. The minimum Gasteiger partial charge on any atom is -0.326 e. The topological polar surface area (TPSA) is 58.2 Å². The van der Waals surface area contributed by atoms with Crippen LogP contribution in [0.3, 0.4) is 0 Å². The Hall–Kier alpha value is -1.36. The van der Waals surface area contributed by atoms with E-state index in [9.17, 15) is 9.59 Å². The molecule has 1 aromatic rings. The molecule has 0 radical (unpaired) electrons. The van der Waals surface area contributed by atoms with Crippen molar-refractivity contribution in [3.05, 3.63) is 23.8 Å². The van der Waals surface area contributed by atoms with E-state index in [0.29, 0.717) is 5.69 Å². The molecule has 0 aliphatic heterocycles. The van der Waals surface area contributed by atoms with Gasteiger partial charge < -0.3 is 10.6 Å². The van der Waals surface area contributed by atoms with Crippen molar-refractivity contribution in [3.63, 3.8) is 0 Å². The Kier molecular flexibility index (Phi) is 4.51. The molecule has 0 heterocycles. The zero-order chi connectivity index (χ0) is 13.9. The number of hydrogen-bond donors (Lipinski definition) is 2. The first kappa shape index (κ1) is 14.7. The number of aryl methyl sites for hydroxylation is 1. The lowest BCUT2D eigenvalue weighted by molar-refractivity contribution is -0.117. The molecular formula is C13H17BrN2O2. The highest BCUT2D eigenvalue weighted by atomic mass is 79.9. The minimum atomic E-state index is -0.614. The van der Waals surface area contributed by atoms with E-state index in [1.165, 1.54) is 6.92 Å². The van der Waals surface area contributed by atoms with E-state index >= 15 is 0 Å². The van der Waals surface area contributed by atoms with Crippen molar-refractivity contribution >= 4 is 39.1 Å². The van der Waals surface area contributed by atoms with Gasteiger partial charge in [0.05, 0.1) is 4.32 Å². The maximum atomic E-state index is 11.8. The van der Waals surface area contributed by atoms with Gasteiger partial charge in [-0.1, -0.05) is 15.9 Å². The molecular weight excluding hydrogens is 296 g/mol. The van der Waals surface area contributed by atoms with E-state index in [2.05, 4.69) is 26.6 Å². The quantitative estimate of drug-likeness (QED) is 0.843. The van der Waals surface area contributed by atoms with Gasteiger partial charge in [0.15, 0.2) is 0 Å². The number of amides is 2. The van der Waals surface area contributed by atoms with Crippen LogP contribution in [0, 0.1) is 6.92 Å². The SMILES string of the molecule is CC(=O)Nc1ccc(NC(=O)C(C)(C)Br)cc1C. The summed E-state index contributed by atoms with van der Waals surface area (Å²) in [6, 6.07) is 5.35. The fourth-order valence-electron chi connectivity index (χ4n) is 1.35. The Morgan fingerprint density at radius 2 is 1.83 bits per heavy atom. The summed E-state index contributed by atoms with van der Waals surface area (Å²) < 4.78 is -0.614. The van der Waals surface area contributed by atoms with Crippen LogP contribution < -0.4 is 10.6 Å². The molecule has 0 aromatic heterocycles. The lowest BCUT2D eigenvalue weighted by atomic mass is 10.1. The lowest BCUT2D eigenvalue weighted by Gasteiger charge is -2.16. The highest BCUT2D eigenvalue weighted by Gasteiger charge is 2.23. The molecule has 4 nitrogen and oxygen atoms in total. The summed E-state index contributed by atoms with van der Waals surface area (Å²) in [6.07, 6.45) is 0. The van der Waals surface area contributed by atoms with Gasteiger partial charge >= 0.3 is 0 Å². The van der Waals surface area contributed by atoms with Gasteiger partial charge in [0.1, 0.15) is 0 Å². The van der Waals surface area contributed by atoms with Crippen molar-refractivity contribution in [1.29, 1.82) is 0 Å². The average Bonchev–Trinajstić information content (AvgIpc) is 2.20. The second-order valence-corrected chi connectivity index (χ2v) is 6.62. The number of carbonyl (C=O) groups is 2. The summed E-state index contributed by atoms with van der Waals surface area (Å²) in [5.41, 5.74) is 2.35. The molecule has 98 valence electrons. The van der Waals surface area contributed by atoms with Crippen LogP contribution in [0.5, 0.6) is 0 Å². The minimum absolute atomic E-state index is 0.114. The predicted molar refractivity (Wildman–Crippen MR) is 77.1 cm³/mol. The molecule has 5 heteroatoms. The molecule has 0 spiro atoms. The van der Waals surface area contributed by atoms with Crippen molar-refractivity contribution in [3.8, 4) is 0 Å². The first-order valence-electron chi connectivity index (χ1n) is 5.59. The van der Waals surface area contributed by atoms with E-state index in [1.54, 1.807) is 26.0 Å². The van der Waals surface area contributed by atoms with Crippen LogP contribution in [0.2, 0.25) is 0 Å². The number of rotatable bonds is 3. The zero-order valence-corrected chi connectivity index (χ0v) is 12.5. The summed E-state index contributed by atoms with van der Waals surface area (Å²) in [5.74, 6) is -0.231. The summed E-state index contributed by atoms with van der Waals surface area (Å²) in [5, 5.41) is 5.53. The monoisotopic (exact) mass is 312 g/mol. The van der Waals surface area contributed by atoms with Crippen molar-refractivity contribution in [1.82, 2.24) is 0 Å². The van der Waals surface area contributed by atoms with E-state index < -0.39 is 4.32 Å². The van der Waals surface area contributed by atoms with Crippen LogP contribution in [0.25, 0.3) is 0 Å². The third-order valence-electron chi connectivity index (χ3n) is 2.33. The van der Waals surface area contributed by atoms with Gasteiger partial charge in [0.25, 0.3) is 0 Å². The van der Waals surface area contributed by atoms with Gasteiger partial charge in [-0.3, -0.25) is 9.59 Å². The standard InChI is InChI=1S/C13H17BrN2O2/c1-8-7-10(16-12(18)13(3,4)14)5-6-11(8)15-9(2)17/h5-7H,1-4H3,(H,15,17)(H,16,18). The number of nitrogens with one attached hydrogen (secondary N) is 2. The first-order valence-corrected chi connectivity index (χ1v) is 6.38. The summed E-state index contributed by atoms with van der Waals surface area (Å²) in [4.78, 5) is 22.8. The maximum Gasteiger partial charge on any atom is 0.240 e. The van der Waals surface area contributed by atoms with Gasteiger partial charge in [-0.15, -0.1) is 0 Å². The maximum absolute atomic E-state index is 11.8. The molecule has 0 aliphatic rings. The molecule has 0 atom stereocenters. The molecule has 0 saturated carbocycles. The van der Waals surface area contributed by atoms with Gasteiger partial charge in [0.2, 0.25) is 11.8 Å². The number of halogens is 1. The van der Waals surface area contributed by atoms with Crippen LogP contribution in [0.4, 0.5) is 11.4 Å². The Morgan fingerprint density at radius 1 is 1.22 bits per heavy atom. The molecule has 18 heavy (non-hydrogen) atoms. The van der Waals surface area contributed by atoms with Crippen LogP contribution in [0.1, 0.15) is 26.3 Å². The normalized spacial score (nSPS) is 10.9. The van der Waals surface area contributed by atoms with E-state index in [0.717, 1.165) is 11.3 Å². The first-order chi connectivity index (χ1) is 8.20. The number of alkyl halides is 1. The highest BCUT2D eigenvalue weighted by Crippen LogP contribution is 2.22. The van der Waals surface area contributed by atoms with Crippen molar-refractivity contribution in [2.75, 3.05) is 10.6 Å². The third-order valence-corrected chi connectivity index (χ3v) is 2.70. The Morgan fingerprint density at radius 3 is 2.28 bits per heavy atom. The number of carbonyl (C=O) groups excluding carboxylic acids is 2. The number of anilines is 2. The molecule has 0 fully saturated rings. The molecule has 2 N–H and O–H groups in total. The second-order valence-electron chi connectivity index (χ2n) is 4.64. The van der Waals surface area contributed by atoms with Crippen molar-refractivity contribution in [2.24, 2.45) is 0 Å². The van der Waals surface area contributed by atoms with Gasteiger partial charge in [-0.25, -0.2) is 0 Å². The van der Waals surface area contributed by atoms with Crippen molar-refractivity contribution < 1.29 is 9.59 Å². The Bertz CT molecular complexity index is 478. The molecule has 0 unspecified atom stereocenters. The van der Waals surface area contributed by atoms with Crippen LogP contribution in [-0.2, 0) is 9.59 Å². The highest BCUT2D eigenvalue weighted by molar-refractivity contribution is 9.10.